The third kappa shape index (κ3) is 4.12. The third-order valence-corrected chi connectivity index (χ3v) is 4.38. The molecule has 1 aliphatic heterocycles. The summed E-state index contributed by atoms with van der Waals surface area (Å²) in [5.74, 6) is -0.228. The molecule has 1 amide bonds. The Balaban J connectivity index is 1.74. The fraction of sp³-hybridized carbons (Fsp3) is 0.333. The minimum absolute atomic E-state index is 0.228. The highest BCUT2D eigenvalue weighted by atomic mass is 35.5. The Morgan fingerprint density at radius 2 is 2.12 bits per heavy atom. The van der Waals surface area contributed by atoms with E-state index in [0.717, 1.165) is 44.1 Å². The van der Waals surface area contributed by atoms with Crippen molar-refractivity contribution in [3.8, 4) is 0 Å². The smallest absolute Gasteiger partial charge is 0.257 e. The monoisotopic (exact) mass is 345 g/mol. The molecule has 1 N–H and O–H groups in total. The van der Waals surface area contributed by atoms with Gasteiger partial charge in [0.05, 0.1) is 23.8 Å². The van der Waals surface area contributed by atoms with E-state index in [4.69, 9.17) is 16.3 Å². The summed E-state index contributed by atoms with van der Waals surface area (Å²) in [6.45, 7) is 6.24. The number of rotatable bonds is 4. The zero-order valence-corrected chi connectivity index (χ0v) is 14.3. The van der Waals surface area contributed by atoms with Crippen LogP contribution in [0.4, 0.5) is 5.69 Å². The average molecular weight is 346 g/mol. The number of hydrogen-bond donors (Lipinski definition) is 1. The van der Waals surface area contributed by atoms with E-state index in [2.05, 4.69) is 21.3 Å². The van der Waals surface area contributed by atoms with Gasteiger partial charge < -0.3 is 10.1 Å². The van der Waals surface area contributed by atoms with Gasteiger partial charge in [0.2, 0.25) is 0 Å². The fourth-order valence-electron chi connectivity index (χ4n) is 2.67. The highest BCUT2D eigenvalue weighted by Gasteiger charge is 2.14. The molecule has 2 aromatic rings. The van der Waals surface area contributed by atoms with Crippen molar-refractivity contribution >= 4 is 23.2 Å². The number of morpholine rings is 1. The second kappa shape index (κ2) is 7.75. The Morgan fingerprint density at radius 3 is 2.88 bits per heavy atom. The molecule has 6 heteroatoms. The molecule has 1 aromatic carbocycles. The molecule has 3 rings (SSSR count). The van der Waals surface area contributed by atoms with Crippen molar-refractivity contribution in [3.05, 3.63) is 58.4 Å². The Hall–Kier alpha value is -1.95. The SMILES string of the molecule is Cc1ccc(CN2CCOCC2)cc1NC(=O)c1ccncc1Cl. The zero-order valence-electron chi connectivity index (χ0n) is 13.6. The molecule has 126 valence electrons. The molecule has 0 atom stereocenters. The lowest BCUT2D eigenvalue weighted by Crippen LogP contribution is -2.35. The molecule has 24 heavy (non-hydrogen) atoms. The number of pyridine rings is 1. The van der Waals surface area contributed by atoms with Crippen molar-refractivity contribution in [1.29, 1.82) is 0 Å². The highest BCUT2D eigenvalue weighted by molar-refractivity contribution is 6.34. The van der Waals surface area contributed by atoms with Crippen molar-refractivity contribution in [2.24, 2.45) is 0 Å². The first-order chi connectivity index (χ1) is 11.6. The molecule has 1 fully saturated rings. The lowest BCUT2D eigenvalue weighted by Gasteiger charge is -2.26. The summed E-state index contributed by atoms with van der Waals surface area (Å²) in [5.41, 5.74) is 3.40. The van der Waals surface area contributed by atoms with E-state index in [1.807, 2.05) is 19.1 Å². The van der Waals surface area contributed by atoms with E-state index in [1.54, 1.807) is 12.3 Å². The van der Waals surface area contributed by atoms with Gasteiger partial charge in [-0.3, -0.25) is 14.7 Å². The van der Waals surface area contributed by atoms with Gasteiger partial charge in [-0.25, -0.2) is 0 Å². The first kappa shape index (κ1) is 16.9. The number of amides is 1. The second-order valence-corrected chi connectivity index (χ2v) is 6.25. The Morgan fingerprint density at radius 1 is 1.33 bits per heavy atom. The maximum absolute atomic E-state index is 12.4. The number of aryl methyl sites for hydroxylation is 1. The fourth-order valence-corrected chi connectivity index (χ4v) is 2.87. The van der Waals surface area contributed by atoms with E-state index in [9.17, 15) is 4.79 Å². The van der Waals surface area contributed by atoms with Gasteiger partial charge in [0.25, 0.3) is 5.91 Å². The molecule has 5 nitrogen and oxygen atoms in total. The number of carbonyl (C=O) groups excluding carboxylic acids is 1. The van der Waals surface area contributed by atoms with Gasteiger partial charge in [0, 0.05) is 37.7 Å². The summed E-state index contributed by atoms with van der Waals surface area (Å²) < 4.78 is 5.38. The predicted molar refractivity (Wildman–Crippen MR) is 94.5 cm³/mol. The topological polar surface area (TPSA) is 54.5 Å². The minimum Gasteiger partial charge on any atom is -0.379 e. The number of anilines is 1. The maximum Gasteiger partial charge on any atom is 0.257 e. The van der Waals surface area contributed by atoms with Crippen LogP contribution in [0.3, 0.4) is 0 Å². The van der Waals surface area contributed by atoms with Crippen LogP contribution in [0.2, 0.25) is 5.02 Å². The number of aromatic nitrogens is 1. The molecule has 0 unspecified atom stereocenters. The van der Waals surface area contributed by atoms with Gasteiger partial charge >= 0.3 is 0 Å². The number of hydrogen-bond acceptors (Lipinski definition) is 4. The second-order valence-electron chi connectivity index (χ2n) is 5.85. The summed E-state index contributed by atoms with van der Waals surface area (Å²) in [6.07, 6.45) is 3.03. The predicted octanol–water partition coefficient (Wildman–Crippen LogP) is 3.13. The van der Waals surface area contributed by atoms with Gasteiger partial charge in [0.1, 0.15) is 0 Å². The van der Waals surface area contributed by atoms with E-state index in [0.29, 0.717) is 10.6 Å². The van der Waals surface area contributed by atoms with Crippen molar-refractivity contribution in [2.45, 2.75) is 13.5 Å². The maximum atomic E-state index is 12.4. The van der Waals surface area contributed by atoms with Crippen LogP contribution in [0.25, 0.3) is 0 Å². The molecule has 0 saturated carbocycles. The van der Waals surface area contributed by atoms with E-state index in [-0.39, 0.29) is 5.91 Å². The third-order valence-electron chi connectivity index (χ3n) is 4.08. The summed E-state index contributed by atoms with van der Waals surface area (Å²) in [7, 11) is 0. The Bertz CT molecular complexity index is 730. The zero-order chi connectivity index (χ0) is 16.9. The molecule has 1 aromatic heterocycles. The molecule has 0 spiro atoms. The first-order valence-electron chi connectivity index (χ1n) is 7.94. The number of benzene rings is 1. The van der Waals surface area contributed by atoms with Crippen LogP contribution in [0, 0.1) is 6.92 Å². The van der Waals surface area contributed by atoms with Crippen molar-refractivity contribution < 1.29 is 9.53 Å². The average Bonchev–Trinajstić information content (AvgIpc) is 2.59. The molecule has 1 saturated heterocycles. The van der Waals surface area contributed by atoms with Crippen molar-refractivity contribution in [1.82, 2.24) is 9.88 Å². The number of halogens is 1. The molecule has 2 heterocycles. The Kier molecular flexibility index (Phi) is 5.45. The quantitative estimate of drug-likeness (QED) is 0.925. The molecular formula is C18H20ClN3O2. The molecule has 0 aliphatic carbocycles. The minimum atomic E-state index is -0.228. The van der Waals surface area contributed by atoms with Crippen LogP contribution in [0.15, 0.2) is 36.7 Å². The number of nitrogens with one attached hydrogen (secondary N) is 1. The first-order valence-corrected chi connectivity index (χ1v) is 8.32. The van der Waals surface area contributed by atoms with Gasteiger partial charge in [-0.15, -0.1) is 0 Å². The largest absolute Gasteiger partial charge is 0.379 e. The number of carbonyl (C=O) groups is 1. The lowest BCUT2D eigenvalue weighted by atomic mass is 10.1. The normalized spacial score (nSPS) is 15.2. The highest BCUT2D eigenvalue weighted by Crippen LogP contribution is 2.21. The van der Waals surface area contributed by atoms with E-state index >= 15 is 0 Å². The van der Waals surface area contributed by atoms with Gasteiger partial charge in [-0.05, 0) is 30.2 Å². The molecule has 1 aliphatic rings. The van der Waals surface area contributed by atoms with Crippen LogP contribution in [-0.2, 0) is 11.3 Å². The summed E-state index contributed by atoms with van der Waals surface area (Å²) in [6, 6.07) is 7.77. The number of ether oxygens (including phenoxy) is 1. The van der Waals surface area contributed by atoms with Crippen LogP contribution in [0.1, 0.15) is 21.5 Å². The number of nitrogens with zero attached hydrogens (tertiary/aromatic N) is 2. The van der Waals surface area contributed by atoms with Gasteiger partial charge in [-0.1, -0.05) is 23.7 Å². The van der Waals surface area contributed by atoms with Gasteiger partial charge in [-0.2, -0.15) is 0 Å². The lowest BCUT2D eigenvalue weighted by molar-refractivity contribution is 0.0342. The van der Waals surface area contributed by atoms with Crippen LogP contribution in [0.5, 0.6) is 0 Å². The molecule has 0 bridgehead atoms. The molecular weight excluding hydrogens is 326 g/mol. The Labute approximate surface area is 146 Å². The van der Waals surface area contributed by atoms with Crippen molar-refractivity contribution in [2.75, 3.05) is 31.6 Å². The van der Waals surface area contributed by atoms with Crippen LogP contribution >= 0.6 is 11.6 Å². The van der Waals surface area contributed by atoms with Gasteiger partial charge in [0.15, 0.2) is 0 Å². The molecule has 0 radical (unpaired) electrons. The summed E-state index contributed by atoms with van der Waals surface area (Å²) in [5, 5.41) is 3.30. The van der Waals surface area contributed by atoms with E-state index in [1.165, 1.54) is 11.8 Å². The summed E-state index contributed by atoms with van der Waals surface area (Å²) >= 11 is 6.04. The summed E-state index contributed by atoms with van der Waals surface area (Å²) in [4.78, 5) is 18.7. The van der Waals surface area contributed by atoms with Crippen molar-refractivity contribution in [3.63, 3.8) is 0 Å². The van der Waals surface area contributed by atoms with Crippen LogP contribution in [-0.4, -0.2) is 42.1 Å². The van der Waals surface area contributed by atoms with E-state index < -0.39 is 0 Å². The standard InChI is InChI=1S/C18H20ClN3O2/c1-13-2-3-14(12-22-6-8-24-9-7-22)10-17(13)21-18(23)15-4-5-20-11-16(15)19/h2-5,10-11H,6-9,12H2,1H3,(H,21,23). The van der Waals surface area contributed by atoms with Crippen LogP contribution < -0.4 is 5.32 Å².